The number of fused-ring (bicyclic) bond motifs is 1. The van der Waals surface area contributed by atoms with E-state index in [9.17, 15) is 0 Å². The highest BCUT2D eigenvalue weighted by Crippen LogP contribution is 2.30. The molecule has 3 unspecified atom stereocenters. The quantitative estimate of drug-likeness (QED) is 0.500. The molecule has 0 saturated carbocycles. The highest BCUT2D eigenvalue weighted by molar-refractivity contribution is 5.06. The third kappa shape index (κ3) is 0.891. The van der Waals surface area contributed by atoms with E-state index in [1.165, 1.54) is 19.4 Å². The summed E-state index contributed by atoms with van der Waals surface area (Å²) in [5.74, 6) is 1.83. The highest BCUT2D eigenvalue weighted by Gasteiger charge is 2.31. The molecule has 2 aliphatic rings. The van der Waals surface area contributed by atoms with Gasteiger partial charge in [-0.1, -0.05) is 19.1 Å². The summed E-state index contributed by atoms with van der Waals surface area (Å²) >= 11 is 0. The zero-order valence-corrected chi connectivity index (χ0v) is 6.51. The molecule has 1 N–H and O–H groups in total. The topological polar surface area (TPSA) is 12.0 Å². The average molecular weight is 137 g/mol. The van der Waals surface area contributed by atoms with E-state index in [2.05, 4.69) is 24.4 Å². The Hall–Kier alpha value is -0.300. The normalized spacial score (nSPS) is 45.5. The van der Waals surface area contributed by atoms with Crippen molar-refractivity contribution in [1.82, 2.24) is 5.32 Å². The van der Waals surface area contributed by atoms with Crippen molar-refractivity contribution in [1.29, 1.82) is 0 Å². The first-order valence-corrected chi connectivity index (χ1v) is 4.28. The van der Waals surface area contributed by atoms with E-state index in [0.29, 0.717) is 6.04 Å². The monoisotopic (exact) mass is 137 g/mol. The van der Waals surface area contributed by atoms with Crippen LogP contribution in [-0.2, 0) is 0 Å². The van der Waals surface area contributed by atoms with Crippen LogP contribution in [0.3, 0.4) is 0 Å². The minimum Gasteiger partial charge on any atom is -0.310 e. The van der Waals surface area contributed by atoms with Gasteiger partial charge in [-0.25, -0.2) is 0 Å². The Morgan fingerprint density at radius 2 is 2.40 bits per heavy atom. The molecule has 0 spiro atoms. The van der Waals surface area contributed by atoms with Crippen LogP contribution >= 0.6 is 0 Å². The van der Waals surface area contributed by atoms with Gasteiger partial charge >= 0.3 is 0 Å². The molecule has 0 amide bonds. The lowest BCUT2D eigenvalue weighted by Crippen LogP contribution is -2.26. The molecule has 0 bridgehead atoms. The van der Waals surface area contributed by atoms with Crippen LogP contribution in [0, 0.1) is 11.8 Å². The van der Waals surface area contributed by atoms with Gasteiger partial charge in [-0.05, 0) is 31.2 Å². The molecule has 1 saturated heterocycles. The number of hydrogen-bond donors (Lipinski definition) is 1. The van der Waals surface area contributed by atoms with Crippen molar-refractivity contribution < 1.29 is 0 Å². The van der Waals surface area contributed by atoms with Crippen molar-refractivity contribution in [2.45, 2.75) is 25.8 Å². The average Bonchev–Trinajstić information content (AvgIpc) is 2.34. The van der Waals surface area contributed by atoms with Crippen molar-refractivity contribution in [3.8, 4) is 0 Å². The number of nitrogens with one attached hydrogen (secondary N) is 1. The van der Waals surface area contributed by atoms with Crippen LogP contribution in [0.25, 0.3) is 0 Å². The molecule has 0 aromatic heterocycles. The second-order valence-electron chi connectivity index (χ2n) is 3.58. The molecule has 1 heterocycles. The zero-order valence-electron chi connectivity index (χ0n) is 6.51. The SMILES string of the molecule is CC1CNC2C=CCCC12. The van der Waals surface area contributed by atoms with E-state index in [4.69, 9.17) is 0 Å². The molecule has 0 aromatic rings. The summed E-state index contributed by atoms with van der Waals surface area (Å²) in [6.45, 7) is 3.58. The Kier molecular flexibility index (Phi) is 1.53. The summed E-state index contributed by atoms with van der Waals surface area (Å²) in [5, 5.41) is 3.52. The largest absolute Gasteiger partial charge is 0.310 e. The van der Waals surface area contributed by atoms with Crippen LogP contribution in [0.15, 0.2) is 12.2 Å². The summed E-state index contributed by atoms with van der Waals surface area (Å²) in [7, 11) is 0. The lowest BCUT2D eigenvalue weighted by atomic mass is 9.84. The van der Waals surface area contributed by atoms with E-state index in [-0.39, 0.29) is 0 Å². The van der Waals surface area contributed by atoms with Gasteiger partial charge in [0.05, 0.1) is 0 Å². The van der Waals surface area contributed by atoms with Crippen molar-refractivity contribution in [3.05, 3.63) is 12.2 Å². The van der Waals surface area contributed by atoms with Gasteiger partial charge in [0.15, 0.2) is 0 Å². The lowest BCUT2D eigenvalue weighted by Gasteiger charge is -2.22. The van der Waals surface area contributed by atoms with E-state index in [1.807, 2.05) is 0 Å². The van der Waals surface area contributed by atoms with Gasteiger partial charge < -0.3 is 5.32 Å². The molecule has 10 heavy (non-hydrogen) atoms. The zero-order chi connectivity index (χ0) is 6.97. The molecule has 3 atom stereocenters. The first-order chi connectivity index (χ1) is 4.88. The molecule has 1 heteroatoms. The lowest BCUT2D eigenvalue weighted by molar-refractivity contribution is 0.380. The standard InChI is InChI=1S/C9H15N/c1-7-6-10-9-5-3-2-4-8(7)9/h3,5,7-10H,2,4,6H2,1H3. The predicted molar refractivity (Wildman–Crippen MR) is 42.8 cm³/mol. The Morgan fingerprint density at radius 1 is 1.50 bits per heavy atom. The summed E-state index contributed by atoms with van der Waals surface area (Å²) in [4.78, 5) is 0. The van der Waals surface area contributed by atoms with Crippen molar-refractivity contribution in [2.24, 2.45) is 11.8 Å². The van der Waals surface area contributed by atoms with Gasteiger partial charge in [-0.2, -0.15) is 0 Å². The third-order valence-corrected chi connectivity index (χ3v) is 2.88. The van der Waals surface area contributed by atoms with Crippen LogP contribution < -0.4 is 5.32 Å². The maximum atomic E-state index is 3.52. The predicted octanol–water partition coefficient (Wildman–Crippen LogP) is 1.56. The van der Waals surface area contributed by atoms with Crippen LogP contribution in [-0.4, -0.2) is 12.6 Å². The molecule has 1 fully saturated rings. The number of rotatable bonds is 0. The molecule has 0 aromatic carbocycles. The fourth-order valence-corrected chi connectivity index (χ4v) is 2.19. The van der Waals surface area contributed by atoms with Crippen LogP contribution in [0.2, 0.25) is 0 Å². The van der Waals surface area contributed by atoms with Gasteiger partial charge in [-0.15, -0.1) is 0 Å². The van der Waals surface area contributed by atoms with Gasteiger partial charge in [0.2, 0.25) is 0 Å². The molecule has 1 aliphatic heterocycles. The van der Waals surface area contributed by atoms with Gasteiger partial charge in [0, 0.05) is 6.04 Å². The van der Waals surface area contributed by atoms with Crippen LogP contribution in [0.4, 0.5) is 0 Å². The molecular formula is C9H15N. The fourth-order valence-electron chi connectivity index (χ4n) is 2.19. The Morgan fingerprint density at radius 3 is 3.20 bits per heavy atom. The van der Waals surface area contributed by atoms with Crippen LogP contribution in [0.1, 0.15) is 19.8 Å². The van der Waals surface area contributed by atoms with E-state index in [1.54, 1.807) is 0 Å². The maximum Gasteiger partial charge on any atom is 0.0281 e. The minimum atomic E-state index is 0.712. The number of allylic oxidation sites excluding steroid dienone is 1. The van der Waals surface area contributed by atoms with E-state index in [0.717, 1.165) is 11.8 Å². The maximum absolute atomic E-state index is 3.52. The molecule has 0 radical (unpaired) electrons. The molecule has 56 valence electrons. The van der Waals surface area contributed by atoms with E-state index < -0.39 is 0 Å². The minimum absolute atomic E-state index is 0.712. The van der Waals surface area contributed by atoms with Gasteiger partial charge in [0.25, 0.3) is 0 Å². The fraction of sp³-hybridized carbons (Fsp3) is 0.778. The van der Waals surface area contributed by atoms with Crippen LogP contribution in [0.5, 0.6) is 0 Å². The second-order valence-corrected chi connectivity index (χ2v) is 3.58. The van der Waals surface area contributed by atoms with Crippen molar-refractivity contribution >= 4 is 0 Å². The first kappa shape index (κ1) is 6.41. The Labute approximate surface area is 62.5 Å². The van der Waals surface area contributed by atoms with E-state index >= 15 is 0 Å². The smallest absolute Gasteiger partial charge is 0.0281 e. The summed E-state index contributed by atoms with van der Waals surface area (Å²) in [6, 6.07) is 0.712. The Bertz CT molecular complexity index is 151. The molecule has 2 rings (SSSR count). The highest BCUT2D eigenvalue weighted by atomic mass is 15.0. The van der Waals surface area contributed by atoms with Crippen molar-refractivity contribution in [3.63, 3.8) is 0 Å². The Balaban J connectivity index is 2.12. The number of hydrogen-bond acceptors (Lipinski definition) is 1. The molecule has 1 aliphatic carbocycles. The third-order valence-electron chi connectivity index (χ3n) is 2.88. The van der Waals surface area contributed by atoms with Gasteiger partial charge in [0.1, 0.15) is 0 Å². The second kappa shape index (κ2) is 2.39. The summed E-state index contributed by atoms with van der Waals surface area (Å²) in [5.41, 5.74) is 0. The summed E-state index contributed by atoms with van der Waals surface area (Å²) in [6.07, 6.45) is 7.35. The summed E-state index contributed by atoms with van der Waals surface area (Å²) < 4.78 is 0. The van der Waals surface area contributed by atoms with Gasteiger partial charge in [-0.3, -0.25) is 0 Å². The molecule has 1 nitrogen and oxygen atoms in total. The molecular weight excluding hydrogens is 122 g/mol. The van der Waals surface area contributed by atoms with Crippen molar-refractivity contribution in [2.75, 3.05) is 6.54 Å². The first-order valence-electron chi connectivity index (χ1n) is 4.28.